The number of nitrogens with zero attached hydrogens (tertiary/aromatic N) is 3. The van der Waals surface area contributed by atoms with Crippen molar-refractivity contribution in [2.24, 2.45) is 0 Å². The molecule has 1 saturated heterocycles. The molecule has 3 aromatic rings. The van der Waals surface area contributed by atoms with Crippen molar-refractivity contribution in [2.45, 2.75) is 33.1 Å². The number of hydrazine groups is 1. The lowest BCUT2D eigenvalue weighted by Crippen LogP contribution is -2.45. The summed E-state index contributed by atoms with van der Waals surface area (Å²) in [5, 5.41) is 18.2. The summed E-state index contributed by atoms with van der Waals surface area (Å²) in [5.74, 6) is -0.282. The number of hydrogen-bond donors (Lipinski definition) is 2. The Morgan fingerprint density at radius 1 is 1.06 bits per heavy atom. The second-order valence-corrected chi connectivity index (χ2v) is 9.11. The molecule has 0 aliphatic carbocycles. The van der Waals surface area contributed by atoms with Crippen LogP contribution in [0.5, 0.6) is 5.75 Å². The van der Waals surface area contributed by atoms with Crippen LogP contribution < -0.4 is 5.43 Å². The Kier molecular flexibility index (Phi) is 7.08. The summed E-state index contributed by atoms with van der Waals surface area (Å²) in [4.78, 5) is 13.1. The largest absolute Gasteiger partial charge is 0.506 e. The van der Waals surface area contributed by atoms with Gasteiger partial charge in [0.15, 0.2) is 5.69 Å². The van der Waals surface area contributed by atoms with Gasteiger partial charge in [0.05, 0.1) is 5.69 Å². The molecule has 4 rings (SSSR count). The van der Waals surface area contributed by atoms with Gasteiger partial charge in [-0.3, -0.25) is 10.2 Å². The van der Waals surface area contributed by atoms with E-state index in [1.807, 2.05) is 49.2 Å². The summed E-state index contributed by atoms with van der Waals surface area (Å²) in [6.45, 7) is 5.47. The van der Waals surface area contributed by atoms with Crippen LogP contribution in [0.4, 0.5) is 0 Å². The fourth-order valence-corrected chi connectivity index (χ4v) is 4.40. The zero-order valence-corrected chi connectivity index (χ0v) is 20.1. The summed E-state index contributed by atoms with van der Waals surface area (Å²) in [6, 6.07) is 12.3. The van der Waals surface area contributed by atoms with Crippen LogP contribution >= 0.6 is 23.2 Å². The zero-order valence-electron chi connectivity index (χ0n) is 18.6. The average molecular weight is 485 g/mol. The third kappa shape index (κ3) is 5.24. The number of allylic oxidation sites excluding steroid dienone is 1. The molecule has 1 aliphatic heterocycles. The minimum absolute atomic E-state index is 0.0199. The molecule has 2 aromatic carbocycles. The first-order valence-electron chi connectivity index (χ1n) is 10.9. The number of nitrogens with one attached hydrogen (secondary N) is 1. The number of rotatable bonds is 5. The van der Waals surface area contributed by atoms with Crippen molar-refractivity contribution in [3.05, 3.63) is 75.0 Å². The fourth-order valence-electron chi connectivity index (χ4n) is 4.10. The van der Waals surface area contributed by atoms with Gasteiger partial charge in [-0.1, -0.05) is 41.8 Å². The number of phenols is 1. The van der Waals surface area contributed by atoms with E-state index in [4.69, 9.17) is 23.2 Å². The minimum Gasteiger partial charge on any atom is -0.506 e. The Morgan fingerprint density at radius 2 is 1.73 bits per heavy atom. The normalized spacial score (nSPS) is 15.0. The van der Waals surface area contributed by atoms with Crippen molar-refractivity contribution in [2.75, 3.05) is 13.1 Å². The van der Waals surface area contributed by atoms with Gasteiger partial charge in [0.25, 0.3) is 5.91 Å². The van der Waals surface area contributed by atoms with Crippen molar-refractivity contribution in [3.8, 4) is 11.4 Å². The Balaban J connectivity index is 1.78. The molecule has 1 aliphatic rings. The third-order valence-electron chi connectivity index (χ3n) is 5.75. The predicted octanol–water partition coefficient (Wildman–Crippen LogP) is 5.88. The van der Waals surface area contributed by atoms with E-state index in [1.165, 1.54) is 12.5 Å². The molecule has 0 atom stereocenters. The maximum atomic E-state index is 13.1. The van der Waals surface area contributed by atoms with Crippen LogP contribution in [0.2, 0.25) is 10.0 Å². The molecule has 2 N–H and O–H groups in total. The van der Waals surface area contributed by atoms with Gasteiger partial charge in [-0.15, -0.1) is 0 Å². The number of benzene rings is 2. The van der Waals surface area contributed by atoms with E-state index < -0.39 is 0 Å². The number of carbonyl (C=O) groups excluding carboxylic acids is 1. The number of piperidine rings is 1. The van der Waals surface area contributed by atoms with Gasteiger partial charge in [0.1, 0.15) is 11.4 Å². The van der Waals surface area contributed by atoms with E-state index in [1.54, 1.807) is 16.8 Å². The number of phenolic OH excluding ortho intramolecular Hbond substituents is 1. The quantitative estimate of drug-likeness (QED) is 0.473. The number of hydrogen-bond acceptors (Lipinski definition) is 4. The van der Waals surface area contributed by atoms with E-state index in [0.29, 0.717) is 21.4 Å². The van der Waals surface area contributed by atoms with Gasteiger partial charge < -0.3 is 5.11 Å². The predicted molar refractivity (Wildman–Crippen MR) is 133 cm³/mol. The first-order valence-corrected chi connectivity index (χ1v) is 11.7. The second-order valence-electron chi connectivity index (χ2n) is 8.23. The lowest BCUT2D eigenvalue weighted by Gasteiger charge is -2.26. The lowest BCUT2D eigenvalue weighted by molar-refractivity contribution is 0.0743. The summed E-state index contributed by atoms with van der Waals surface area (Å²) in [6.07, 6.45) is 5.28. The number of aromatic nitrogens is 2. The van der Waals surface area contributed by atoms with Gasteiger partial charge >= 0.3 is 0 Å². The standard InChI is InChI=1S/C25H26Cl2N4O2/c1-16(14-18-6-8-19(26)9-7-18)24-17(2)23(25(33)29-30-12-4-3-5-13-30)28-31(24)21-11-10-20(27)15-22(21)32/h6-11,14-15,32H,3-5,12-13H2,1-2H3,(H,29,33)/b16-14+. The van der Waals surface area contributed by atoms with Gasteiger partial charge in [-0.05, 0) is 68.2 Å². The first kappa shape index (κ1) is 23.4. The molecule has 0 bridgehead atoms. The molecule has 2 heterocycles. The second kappa shape index (κ2) is 10.00. The van der Waals surface area contributed by atoms with Crippen LogP contribution in [0.25, 0.3) is 17.3 Å². The molecule has 1 amide bonds. The highest BCUT2D eigenvalue weighted by molar-refractivity contribution is 6.31. The van der Waals surface area contributed by atoms with E-state index >= 15 is 0 Å². The molecule has 1 fully saturated rings. The average Bonchev–Trinajstić information content (AvgIpc) is 3.13. The van der Waals surface area contributed by atoms with Crippen LogP contribution in [0, 0.1) is 6.92 Å². The molecule has 172 valence electrons. The Hall–Kier alpha value is -2.80. The van der Waals surface area contributed by atoms with E-state index in [9.17, 15) is 9.90 Å². The monoisotopic (exact) mass is 484 g/mol. The van der Waals surface area contributed by atoms with Crippen molar-refractivity contribution < 1.29 is 9.90 Å². The van der Waals surface area contributed by atoms with E-state index in [2.05, 4.69) is 10.5 Å². The van der Waals surface area contributed by atoms with Crippen LogP contribution in [0.15, 0.2) is 42.5 Å². The van der Waals surface area contributed by atoms with E-state index in [0.717, 1.165) is 48.3 Å². The minimum atomic E-state index is -0.262. The summed E-state index contributed by atoms with van der Waals surface area (Å²) < 4.78 is 1.61. The summed E-state index contributed by atoms with van der Waals surface area (Å²) in [7, 11) is 0. The van der Waals surface area contributed by atoms with Crippen LogP contribution in [0.1, 0.15) is 53.5 Å². The molecular weight excluding hydrogens is 459 g/mol. The van der Waals surface area contributed by atoms with Gasteiger partial charge in [0, 0.05) is 34.8 Å². The third-order valence-corrected chi connectivity index (χ3v) is 6.23. The maximum absolute atomic E-state index is 13.1. The Morgan fingerprint density at radius 3 is 2.39 bits per heavy atom. The topological polar surface area (TPSA) is 70.4 Å². The molecule has 6 nitrogen and oxygen atoms in total. The Bertz CT molecular complexity index is 1200. The maximum Gasteiger partial charge on any atom is 0.286 e. The number of carbonyl (C=O) groups is 1. The number of aromatic hydroxyl groups is 1. The fraction of sp³-hybridized carbons (Fsp3) is 0.280. The zero-order chi connectivity index (χ0) is 23.5. The molecule has 1 aromatic heterocycles. The smallest absolute Gasteiger partial charge is 0.286 e. The highest BCUT2D eigenvalue weighted by atomic mass is 35.5. The molecule has 0 saturated carbocycles. The van der Waals surface area contributed by atoms with Crippen molar-refractivity contribution >= 4 is 40.8 Å². The molecule has 33 heavy (non-hydrogen) atoms. The number of amides is 1. The first-order chi connectivity index (χ1) is 15.8. The molecule has 0 radical (unpaired) electrons. The highest BCUT2D eigenvalue weighted by Gasteiger charge is 2.25. The van der Waals surface area contributed by atoms with Gasteiger partial charge in [-0.25, -0.2) is 9.69 Å². The highest BCUT2D eigenvalue weighted by Crippen LogP contribution is 2.32. The lowest BCUT2D eigenvalue weighted by atomic mass is 10.0. The summed E-state index contributed by atoms with van der Waals surface area (Å²) in [5.41, 5.74) is 7.04. The van der Waals surface area contributed by atoms with Gasteiger partial charge in [-0.2, -0.15) is 5.10 Å². The van der Waals surface area contributed by atoms with Crippen molar-refractivity contribution in [3.63, 3.8) is 0 Å². The van der Waals surface area contributed by atoms with Crippen LogP contribution in [-0.2, 0) is 0 Å². The van der Waals surface area contributed by atoms with Crippen molar-refractivity contribution in [1.29, 1.82) is 0 Å². The van der Waals surface area contributed by atoms with Crippen LogP contribution in [-0.4, -0.2) is 38.9 Å². The SMILES string of the molecule is C/C(=C\c1ccc(Cl)cc1)c1c(C)c(C(=O)NN2CCCCC2)nn1-c1ccc(Cl)cc1O. The van der Waals surface area contributed by atoms with Crippen molar-refractivity contribution in [1.82, 2.24) is 20.2 Å². The van der Waals surface area contributed by atoms with Gasteiger partial charge in [0.2, 0.25) is 0 Å². The van der Waals surface area contributed by atoms with E-state index in [-0.39, 0.29) is 11.7 Å². The molecule has 0 unspecified atom stereocenters. The molecule has 0 spiro atoms. The summed E-state index contributed by atoms with van der Waals surface area (Å²) >= 11 is 12.1. The van der Waals surface area contributed by atoms with Crippen LogP contribution in [0.3, 0.4) is 0 Å². The number of halogens is 2. The molecule has 8 heteroatoms. The molecular formula is C25H26Cl2N4O2. The Labute approximate surface area is 203 Å².